The second-order valence-electron chi connectivity index (χ2n) is 8.63. The van der Waals surface area contributed by atoms with Crippen LogP contribution in [0, 0.1) is 5.92 Å². The van der Waals surface area contributed by atoms with Crippen LogP contribution in [0.4, 0.5) is 22.0 Å². The number of rotatable bonds is 7. The molecule has 3 rings (SSSR count). The van der Waals surface area contributed by atoms with Gasteiger partial charge in [-0.15, -0.1) is 5.73 Å². The van der Waals surface area contributed by atoms with E-state index in [9.17, 15) is 41.1 Å². The van der Waals surface area contributed by atoms with Crippen LogP contribution in [-0.4, -0.2) is 59.1 Å². The predicted octanol–water partition coefficient (Wildman–Crippen LogP) is 3.29. The van der Waals surface area contributed by atoms with Gasteiger partial charge in [0.05, 0.1) is 5.92 Å². The van der Waals surface area contributed by atoms with Crippen molar-refractivity contribution >= 4 is 35.4 Å². The minimum absolute atomic E-state index is 0.0108. The van der Waals surface area contributed by atoms with E-state index < -0.39 is 65.3 Å². The molecule has 2 N–H and O–H groups in total. The lowest BCUT2D eigenvalue weighted by atomic mass is 9.71. The molecular formula is C24H22F5N3O4S. The second kappa shape index (κ2) is 10.5. The molecule has 0 aromatic heterocycles. The van der Waals surface area contributed by atoms with Crippen LogP contribution in [0.2, 0.25) is 0 Å². The van der Waals surface area contributed by atoms with Crippen molar-refractivity contribution in [3.63, 3.8) is 0 Å². The molecule has 2 unspecified atom stereocenters. The number of nitrogens with one attached hydrogen (secondary N) is 2. The van der Waals surface area contributed by atoms with E-state index in [4.69, 9.17) is 0 Å². The first-order valence-corrected chi connectivity index (χ1v) is 11.7. The zero-order chi connectivity index (χ0) is 27.7. The standard InChI is InChI=1S/C24H22F5N3O4S/c1-12(8-16-11-32(21(35)14(16)3)17-4-5-18(33)31-20(17)34)10-30-22(36)23(25,26)19-13(2)9-15(19)6-7-37-24(27,28)29/h7-8,17,19H,1-5,9-11H2,(H,30,36)(H,31,33,34)/b16-8-. The Labute approximate surface area is 212 Å². The van der Waals surface area contributed by atoms with Crippen LogP contribution >= 0.6 is 11.8 Å². The van der Waals surface area contributed by atoms with Crippen LogP contribution in [0.15, 0.2) is 64.8 Å². The fraction of sp³-hybridized carbons (Fsp3) is 0.375. The van der Waals surface area contributed by atoms with Gasteiger partial charge in [0.1, 0.15) is 6.04 Å². The largest absolute Gasteiger partial charge is 0.446 e. The van der Waals surface area contributed by atoms with Gasteiger partial charge >= 0.3 is 11.4 Å². The lowest BCUT2D eigenvalue weighted by Crippen LogP contribution is -2.52. The number of amides is 4. The Morgan fingerprint density at radius 1 is 1.22 bits per heavy atom. The molecule has 0 aromatic carbocycles. The maximum Gasteiger partial charge on any atom is 0.446 e. The van der Waals surface area contributed by atoms with Crippen LogP contribution in [0.1, 0.15) is 19.3 Å². The van der Waals surface area contributed by atoms with Crippen molar-refractivity contribution in [3.05, 3.63) is 64.8 Å². The summed E-state index contributed by atoms with van der Waals surface area (Å²) in [6.07, 6.45) is 1.51. The number of piperidine rings is 1. The van der Waals surface area contributed by atoms with Crippen molar-refractivity contribution in [2.24, 2.45) is 5.92 Å². The van der Waals surface area contributed by atoms with Crippen LogP contribution in [-0.2, 0) is 19.2 Å². The zero-order valence-corrected chi connectivity index (χ0v) is 20.2. The molecule has 2 heterocycles. The number of carbonyl (C=O) groups excluding carboxylic acids is 4. The third kappa shape index (κ3) is 6.28. The van der Waals surface area contributed by atoms with E-state index >= 15 is 0 Å². The highest BCUT2D eigenvalue weighted by Crippen LogP contribution is 2.47. The monoisotopic (exact) mass is 543 g/mol. The summed E-state index contributed by atoms with van der Waals surface area (Å²) in [6.45, 7) is 10.4. The van der Waals surface area contributed by atoms with Gasteiger partial charge in [-0.3, -0.25) is 24.5 Å². The number of allylic oxidation sites excluding steroid dienone is 2. The fourth-order valence-electron chi connectivity index (χ4n) is 4.11. The summed E-state index contributed by atoms with van der Waals surface area (Å²) >= 11 is -0.549. The van der Waals surface area contributed by atoms with Crippen molar-refractivity contribution < 1.29 is 41.1 Å². The molecule has 0 spiro atoms. The van der Waals surface area contributed by atoms with Crippen molar-refractivity contribution in [1.82, 2.24) is 15.5 Å². The van der Waals surface area contributed by atoms with E-state index in [0.717, 1.165) is 0 Å². The minimum atomic E-state index is -4.59. The van der Waals surface area contributed by atoms with Crippen molar-refractivity contribution in [2.75, 3.05) is 13.1 Å². The Bertz CT molecular complexity index is 1200. The van der Waals surface area contributed by atoms with Crippen LogP contribution in [0.25, 0.3) is 0 Å². The highest BCUT2D eigenvalue weighted by atomic mass is 32.2. The van der Waals surface area contributed by atoms with E-state index in [1.807, 2.05) is 5.32 Å². The molecule has 0 bridgehead atoms. The first-order chi connectivity index (χ1) is 17.1. The molecule has 7 nitrogen and oxygen atoms in total. The zero-order valence-electron chi connectivity index (χ0n) is 19.3. The Balaban J connectivity index is 1.62. The smallest absolute Gasteiger partial charge is 0.347 e. The van der Waals surface area contributed by atoms with Gasteiger partial charge in [0.15, 0.2) is 0 Å². The molecule has 37 heavy (non-hydrogen) atoms. The average Bonchev–Trinajstić information content (AvgIpc) is 3.03. The van der Waals surface area contributed by atoms with E-state index in [1.165, 1.54) is 11.0 Å². The third-order valence-electron chi connectivity index (χ3n) is 5.96. The van der Waals surface area contributed by atoms with Gasteiger partial charge in [-0.25, -0.2) is 0 Å². The Morgan fingerprint density at radius 2 is 1.89 bits per heavy atom. The third-order valence-corrected chi connectivity index (χ3v) is 6.47. The fourth-order valence-corrected chi connectivity index (χ4v) is 4.46. The molecule has 2 saturated heterocycles. The summed E-state index contributed by atoms with van der Waals surface area (Å²) in [4.78, 5) is 49.5. The van der Waals surface area contributed by atoms with Crippen LogP contribution < -0.4 is 10.6 Å². The molecule has 4 amide bonds. The molecule has 1 saturated carbocycles. The second-order valence-corrected chi connectivity index (χ2v) is 9.57. The molecule has 13 heteroatoms. The number of alkyl halides is 5. The molecular weight excluding hydrogens is 521 g/mol. The maximum atomic E-state index is 14.8. The summed E-state index contributed by atoms with van der Waals surface area (Å²) in [5.41, 5.74) is -2.02. The molecule has 198 valence electrons. The van der Waals surface area contributed by atoms with Gasteiger partial charge in [-0.05, 0) is 41.3 Å². The van der Waals surface area contributed by atoms with Crippen LogP contribution in [0.5, 0.6) is 0 Å². The number of imide groups is 1. The molecule has 1 aliphatic carbocycles. The van der Waals surface area contributed by atoms with Crippen molar-refractivity contribution in [2.45, 2.75) is 36.7 Å². The number of halogens is 5. The Morgan fingerprint density at radius 3 is 2.49 bits per heavy atom. The summed E-state index contributed by atoms with van der Waals surface area (Å²) in [6, 6.07) is -0.860. The van der Waals surface area contributed by atoms with Gasteiger partial charge in [0, 0.05) is 30.5 Å². The van der Waals surface area contributed by atoms with E-state index in [-0.39, 0.29) is 48.1 Å². The molecule has 2 atom stereocenters. The van der Waals surface area contributed by atoms with Gasteiger partial charge in [0.25, 0.3) is 11.8 Å². The number of likely N-dealkylation sites (tertiary alicyclic amines) is 1. The summed E-state index contributed by atoms with van der Waals surface area (Å²) in [5.74, 6) is -9.01. The van der Waals surface area contributed by atoms with E-state index in [1.54, 1.807) is 0 Å². The summed E-state index contributed by atoms with van der Waals surface area (Å²) in [7, 11) is 0. The number of thioether (sulfide) groups is 1. The van der Waals surface area contributed by atoms with Gasteiger partial charge in [-0.2, -0.15) is 22.0 Å². The molecule has 3 fully saturated rings. The lowest BCUT2D eigenvalue weighted by Gasteiger charge is -2.36. The number of nitrogens with zero attached hydrogens (tertiary/aromatic N) is 1. The lowest BCUT2D eigenvalue weighted by molar-refractivity contribution is -0.151. The van der Waals surface area contributed by atoms with Gasteiger partial charge in [-0.1, -0.05) is 31.4 Å². The predicted molar refractivity (Wildman–Crippen MR) is 125 cm³/mol. The van der Waals surface area contributed by atoms with Crippen molar-refractivity contribution in [1.29, 1.82) is 0 Å². The molecule has 3 aliphatic rings. The highest BCUT2D eigenvalue weighted by molar-refractivity contribution is 8.02. The normalized spacial score (nSPS) is 23.6. The van der Waals surface area contributed by atoms with Crippen molar-refractivity contribution in [3.8, 4) is 0 Å². The summed E-state index contributed by atoms with van der Waals surface area (Å²) in [5, 5.41) is 4.72. The highest BCUT2D eigenvalue weighted by Gasteiger charge is 2.54. The quantitative estimate of drug-likeness (QED) is 0.169. The topological polar surface area (TPSA) is 95.6 Å². The average molecular weight is 544 g/mol. The maximum absolute atomic E-state index is 14.8. The number of carbonyl (C=O) groups is 4. The SMILES string of the molecule is C=C(/C=C1/CN(C2CCC(=O)NC2=O)C(=O)C1=C)CNC(=O)C(F)(F)C1C(=C)CC1=C=CSC(F)(F)F. The van der Waals surface area contributed by atoms with E-state index in [0.29, 0.717) is 11.0 Å². The molecule has 2 aliphatic heterocycles. The number of hydrogen-bond donors (Lipinski definition) is 2. The first-order valence-electron chi connectivity index (χ1n) is 10.9. The molecule has 0 radical (unpaired) electrons. The van der Waals surface area contributed by atoms with Gasteiger partial charge in [0.2, 0.25) is 11.8 Å². The number of hydrogen-bond acceptors (Lipinski definition) is 5. The Hall–Kier alpha value is -3.44. The van der Waals surface area contributed by atoms with Gasteiger partial charge < -0.3 is 10.2 Å². The minimum Gasteiger partial charge on any atom is -0.347 e. The molecule has 0 aromatic rings. The first kappa shape index (κ1) is 28.1. The Kier molecular flexibility index (Phi) is 7.99. The summed E-state index contributed by atoms with van der Waals surface area (Å²) < 4.78 is 66.3. The van der Waals surface area contributed by atoms with E-state index in [2.05, 4.69) is 30.8 Å². The van der Waals surface area contributed by atoms with Crippen LogP contribution in [0.3, 0.4) is 0 Å².